The van der Waals surface area contributed by atoms with Gasteiger partial charge in [-0.3, -0.25) is 9.89 Å². The summed E-state index contributed by atoms with van der Waals surface area (Å²) in [5.41, 5.74) is 1.96. The highest BCUT2D eigenvalue weighted by Crippen LogP contribution is 2.19. The van der Waals surface area contributed by atoms with E-state index in [2.05, 4.69) is 32.7 Å². The van der Waals surface area contributed by atoms with Gasteiger partial charge in [-0.1, -0.05) is 30.3 Å². The summed E-state index contributed by atoms with van der Waals surface area (Å²) in [6, 6.07) is 15.1. The van der Waals surface area contributed by atoms with Crippen LogP contribution in [0, 0.1) is 11.7 Å². The molecule has 0 atom stereocenters. The third kappa shape index (κ3) is 6.46. The number of halogens is 1. The van der Waals surface area contributed by atoms with Crippen molar-refractivity contribution in [2.45, 2.75) is 25.9 Å². The zero-order valence-corrected chi connectivity index (χ0v) is 17.3. The van der Waals surface area contributed by atoms with E-state index < -0.39 is 0 Å². The Hall–Kier alpha value is -2.60. The molecule has 0 radical (unpaired) electrons. The normalized spacial score (nSPS) is 15.9. The summed E-state index contributed by atoms with van der Waals surface area (Å²) < 4.78 is 19.0. The van der Waals surface area contributed by atoms with Crippen LogP contribution in [-0.4, -0.2) is 44.7 Å². The van der Waals surface area contributed by atoms with Crippen LogP contribution in [0.4, 0.5) is 4.39 Å². The van der Waals surface area contributed by atoms with Gasteiger partial charge in [0.25, 0.3) is 0 Å². The van der Waals surface area contributed by atoms with E-state index in [9.17, 15) is 4.39 Å². The standard InChI is InChI=1S/C23H31FN4O/c1-25-23(27-16-20-5-3-4-6-22(20)24)26-15-18-11-13-28(14-12-18)17-19-7-9-21(29-2)10-8-19/h3-10,18H,11-17H2,1-2H3,(H2,25,26,27). The van der Waals surface area contributed by atoms with Crippen molar-refractivity contribution in [2.75, 3.05) is 33.8 Å². The summed E-state index contributed by atoms with van der Waals surface area (Å²) in [6.07, 6.45) is 2.32. The van der Waals surface area contributed by atoms with Gasteiger partial charge < -0.3 is 15.4 Å². The molecule has 1 saturated heterocycles. The molecule has 29 heavy (non-hydrogen) atoms. The number of rotatable bonds is 7. The number of hydrogen-bond acceptors (Lipinski definition) is 3. The molecule has 2 aromatic rings. The van der Waals surface area contributed by atoms with Gasteiger partial charge >= 0.3 is 0 Å². The third-order valence-electron chi connectivity index (χ3n) is 5.46. The first kappa shape index (κ1) is 21.1. The lowest BCUT2D eigenvalue weighted by Crippen LogP contribution is -2.42. The average molecular weight is 399 g/mol. The molecule has 3 rings (SSSR count). The lowest BCUT2D eigenvalue weighted by atomic mass is 9.96. The predicted octanol–water partition coefficient (Wildman–Crippen LogP) is 3.41. The number of nitrogens with one attached hydrogen (secondary N) is 2. The summed E-state index contributed by atoms with van der Waals surface area (Å²) in [7, 11) is 3.44. The zero-order chi connectivity index (χ0) is 20.5. The molecule has 0 aromatic heterocycles. The Kier molecular flexibility index (Phi) is 7.87. The van der Waals surface area contributed by atoms with E-state index >= 15 is 0 Å². The van der Waals surface area contributed by atoms with Gasteiger partial charge in [0.05, 0.1) is 7.11 Å². The minimum Gasteiger partial charge on any atom is -0.497 e. The molecule has 0 unspecified atom stereocenters. The van der Waals surface area contributed by atoms with Crippen molar-refractivity contribution in [2.24, 2.45) is 10.9 Å². The van der Waals surface area contributed by atoms with Crippen LogP contribution in [0.25, 0.3) is 0 Å². The first-order chi connectivity index (χ1) is 14.2. The van der Waals surface area contributed by atoms with Gasteiger partial charge in [-0.2, -0.15) is 0 Å². The van der Waals surface area contributed by atoms with Crippen molar-refractivity contribution in [3.05, 3.63) is 65.5 Å². The number of methoxy groups -OCH3 is 1. The Balaban J connectivity index is 1.37. The molecule has 1 fully saturated rings. The molecule has 1 heterocycles. The largest absolute Gasteiger partial charge is 0.497 e. The molecule has 0 bridgehead atoms. The number of piperidine rings is 1. The second-order valence-corrected chi connectivity index (χ2v) is 7.47. The minimum atomic E-state index is -0.195. The molecule has 0 spiro atoms. The van der Waals surface area contributed by atoms with Crippen molar-refractivity contribution in [3.63, 3.8) is 0 Å². The molecule has 1 aliphatic heterocycles. The molecule has 5 nitrogen and oxygen atoms in total. The van der Waals surface area contributed by atoms with E-state index in [1.165, 1.54) is 11.6 Å². The first-order valence-corrected chi connectivity index (χ1v) is 10.2. The fraction of sp³-hybridized carbons (Fsp3) is 0.435. The van der Waals surface area contributed by atoms with Gasteiger partial charge in [-0.05, 0) is 55.6 Å². The van der Waals surface area contributed by atoms with Crippen LogP contribution in [0.15, 0.2) is 53.5 Å². The van der Waals surface area contributed by atoms with Crippen LogP contribution in [-0.2, 0) is 13.1 Å². The molecule has 0 saturated carbocycles. The third-order valence-corrected chi connectivity index (χ3v) is 5.46. The van der Waals surface area contributed by atoms with Crippen LogP contribution in [0.1, 0.15) is 24.0 Å². The van der Waals surface area contributed by atoms with Crippen LogP contribution in [0.5, 0.6) is 5.75 Å². The second kappa shape index (κ2) is 10.8. The molecule has 2 aromatic carbocycles. The molecule has 6 heteroatoms. The fourth-order valence-corrected chi connectivity index (χ4v) is 3.62. The lowest BCUT2D eigenvalue weighted by molar-refractivity contribution is 0.178. The number of ether oxygens (including phenoxy) is 1. The number of likely N-dealkylation sites (tertiary alicyclic amines) is 1. The number of nitrogens with zero attached hydrogens (tertiary/aromatic N) is 2. The van der Waals surface area contributed by atoms with Gasteiger partial charge in [0.1, 0.15) is 11.6 Å². The van der Waals surface area contributed by atoms with E-state index in [1.807, 2.05) is 18.2 Å². The van der Waals surface area contributed by atoms with Crippen molar-refractivity contribution in [1.82, 2.24) is 15.5 Å². The molecule has 0 aliphatic carbocycles. The van der Waals surface area contributed by atoms with E-state index in [1.54, 1.807) is 26.3 Å². The molecule has 2 N–H and O–H groups in total. The van der Waals surface area contributed by atoms with Gasteiger partial charge in [0.15, 0.2) is 5.96 Å². The Morgan fingerprint density at radius 2 is 1.83 bits per heavy atom. The lowest BCUT2D eigenvalue weighted by Gasteiger charge is -2.32. The van der Waals surface area contributed by atoms with Gasteiger partial charge in [-0.25, -0.2) is 4.39 Å². The highest BCUT2D eigenvalue weighted by molar-refractivity contribution is 5.79. The highest BCUT2D eigenvalue weighted by Gasteiger charge is 2.19. The number of hydrogen-bond donors (Lipinski definition) is 2. The summed E-state index contributed by atoms with van der Waals surface area (Å²) >= 11 is 0. The van der Waals surface area contributed by atoms with Gasteiger partial charge in [0.2, 0.25) is 0 Å². The number of guanidine groups is 1. The van der Waals surface area contributed by atoms with E-state index in [4.69, 9.17) is 4.74 Å². The van der Waals surface area contributed by atoms with E-state index in [0.29, 0.717) is 24.0 Å². The summed E-state index contributed by atoms with van der Waals surface area (Å²) in [4.78, 5) is 6.76. The van der Waals surface area contributed by atoms with Crippen molar-refractivity contribution < 1.29 is 9.13 Å². The second-order valence-electron chi connectivity index (χ2n) is 7.47. The number of benzene rings is 2. The quantitative estimate of drug-likeness (QED) is 0.554. The predicted molar refractivity (Wildman–Crippen MR) is 116 cm³/mol. The maximum Gasteiger partial charge on any atom is 0.191 e. The van der Waals surface area contributed by atoms with Gasteiger partial charge in [-0.15, -0.1) is 0 Å². The zero-order valence-electron chi connectivity index (χ0n) is 17.3. The molecule has 156 valence electrons. The van der Waals surface area contributed by atoms with Crippen LogP contribution in [0.3, 0.4) is 0 Å². The molecular formula is C23H31FN4O. The van der Waals surface area contributed by atoms with Crippen LogP contribution < -0.4 is 15.4 Å². The minimum absolute atomic E-state index is 0.195. The summed E-state index contributed by atoms with van der Waals surface area (Å²) in [5, 5.41) is 6.59. The SMILES string of the molecule is CN=C(NCc1ccccc1F)NCC1CCN(Cc2ccc(OC)cc2)CC1. The Bertz CT molecular complexity index is 786. The first-order valence-electron chi connectivity index (χ1n) is 10.2. The van der Waals surface area contributed by atoms with E-state index in [-0.39, 0.29) is 5.82 Å². The van der Waals surface area contributed by atoms with Crippen molar-refractivity contribution >= 4 is 5.96 Å². The fourth-order valence-electron chi connectivity index (χ4n) is 3.62. The Morgan fingerprint density at radius 3 is 2.48 bits per heavy atom. The summed E-state index contributed by atoms with van der Waals surface area (Å²) in [5.74, 6) is 2.04. The van der Waals surface area contributed by atoms with Crippen LogP contribution >= 0.6 is 0 Å². The smallest absolute Gasteiger partial charge is 0.191 e. The van der Waals surface area contributed by atoms with Crippen molar-refractivity contribution in [3.8, 4) is 5.75 Å². The summed E-state index contributed by atoms with van der Waals surface area (Å²) in [6.45, 7) is 4.48. The maximum atomic E-state index is 13.7. The molecule has 1 aliphatic rings. The average Bonchev–Trinajstić information content (AvgIpc) is 2.76. The van der Waals surface area contributed by atoms with Crippen LogP contribution in [0.2, 0.25) is 0 Å². The number of aliphatic imine (C=N–C) groups is 1. The molecular weight excluding hydrogens is 367 g/mol. The molecule has 0 amide bonds. The highest BCUT2D eigenvalue weighted by atomic mass is 19.1. The monoisotopic (exact) mass is 398 g/mol. The Labute approximate surface area is 173 Å². The maximum absolute atomic E-state index is 13.7. The van der Waals surface area contributed by atoms with E-state index in [0.717, 1.165) is 44.8 Å². The topological polar surface area (TPSA) is 48.9 Å². The van der Waals surface area contributed by atoms with Crippen molar-refractivity contribution in [1.29, 1.82) is 0 Å². The Morgan fingerprint density at radius 1 is 1.10 bits per heavy atom. The van der Waals surface area contributed by atoms with Gasteiger partial charge in [0, 0.05) is 32.2 Å².